The van der Waals surface area contributed by atoms with Gasteiger partial charge < -0.3 is 9.15 Å². The SMILES string of the molecule is C1=CC2Oc3c(cc4c5c(oc4c3-c3cccc(-c4c6ccccc6c(-c6ccccc6-c6ccccc6)c6ccccc46)c3)CCC=C5)C2C=C1. The first kappa shape index (κ1) is 29.4. The number of rotatable bonds is 4. The Bertz CT molecular complexity index is 2770. The Hall–Kier alpha value is -6.38. The number of furan rings is 1. The predicted molar refractivity (Wildman–Crippen MR) is 216 cm³/mol. The third kappa shape index (κ3) is 4.37. The molecular weight excluding hydrogens is 633 g/mol. The van der Waals surface area contributed by atoms with E-state index in [1.54, 1.807) is 0 Å². The number of ether oxygens (including phenoxy) is 1. The van der Waals surface area contributed by atoms with Crippen LogP contribution in [0.1, 0.15) is 29.2 Å². The third-order valence-corrected chi connectivity index (χ3v) is 11.2. The van der Waals surface area contributed by atoms with Gasteiger partial charge in [-0.2, -0.15) is 0 Å². The van der Waals surface area contributed by atoms with Crippen LogP contribution in [0, 0.1) is 0 Å². The van der Waals surface area contributed by atoms with Crippen molar-refractivity contribution in [3.63, 3.8) is 0 Å². The maximum atomic E-state index is 6.82. The number of fused-ring (bicyclic) bond motifs is 8. The third-order valence-electron chi connectivity index (χ3n) is 11.2. The van der Waals surface area contributed by atoms with Gasteiger partial charge in [0.05, 0.1) is 5.56 Å². The molecule has 0 saturated heterocycles. The first-order chi connectivity index (χ1) is 25.8. The van der Waals surface area contributed by atoms with Gasteiger partial charge in [-0.15, -0.1) is 0 Å². The molecule has 7 aromatic carbocycles. The molecule has 3 aliphatic rings. The molecule has 2 unspecified atom stereocenters. The van der Waals surface area contributed by atoms with E-state index in [9.17, 15) is 0 Å². The molecule has 2 nitrogen and oxygen atoms in total. The molecule has 2 heteroatoms. The molecule has 8 aromatic rings. The molecule has 2 heterocycles. The molecule has 0 saturated carbocycles. The minimum absolute atomic E-state index is 0.0148. The van der Waals surface area contributed by atoms with Crippen molar-refractivity contribution < 1.29 is 9.15 Å². The van der Waals surface area contributed by atoms with E-state index < -0.39 is 0 Å². The van der Waals surface area contributed by atoms with Gasteiger partial charge in [-0.1, -0.05) is 152 Å². The summed E-state index contributed by atoms with van der Waals surface area (Å²) >= 11 is 0. The quantitative estimate of drug-likeness (QED) is 0.174. The van der Waals surface area contributed by atoms with Gasteiger partial charge in [-0.05, 0) is 85.1 Å². The topological polar surface area (TPSA) is 22.4 Å². The van der Waals surface area contributed by atoms with Crippen molar-refractivity contribution in [2.75, 3.05) is 0 Å². The fourth-order valence-electron chi connectivity index (χ4n) is 8.97. The minimum atomic E-state index is -0.0148. The lowest BCUT2D eigenvalue weighted by molar-refractivity contribution is 0.270. The molecule has 0 bridgehead atoms. The van der Waals surface area contributed by atoms with E-state index in [1.165, 1.54) is 71.4 Å². The standard InChI is InChI=1S/C50H34O2/c1-2-15-31(16-3-1)34-19-4-5-22-37(34)48-40-25-8-6-23-38(40)46(39-24-7-9-26-41(39)48)32-17-14-18-33(29-32)47-49-42(35-20-10-12-27-44(35)51-49)30-43-36-21-11-13-28-45(36)52-50(43)47/h1-12,14-27,29-30,35,44H,13,28H2. The molecule has 2 atom stereocenters. The van der Waals surface area contributed by atoms with Crippen LogP contribution in [0.4, 0.5) is 0 Å². The van der Waals surface area contributed by atoms with Gasteiger partial charge in [0.25, 0.3) is 0 Å². The van der Waals surface area contributed by atoms with Crippen molar-refractivity contribution >= 4 is 38.6 Å². The van der Waals surface area contributed by atoms with Crippen LogP contribution in [0.3, 0.4) is 0 Å². The Labute approximate surface area is 302 Å². The zero-order chi connectivity index (χ0) is 34.2. The van der Waals surface area contributed by atoms with Crippen molar-refractivity contribution in [2.45, 2.75) is 24.9 Å². The average molecular weight is 667 g/mol. The van der Waals surface area contributed by atoms with E-state index in [2.05, 4.69) is 170 Å². The molecular formula is C50H34O2. The van der Waals surface area contributed by atoms with Gasteiger partial charge in [0.2, 0.25) is 0 Å². The Morgan fingerprint density at radius 3 is 1.92 bits per heavy atom. The van der Waals surface area contributed by atoms with E-state index in [0.29, 0.717) is 0 Å². The average Bonchev–Trinajstić information content (AvgIpc) is 3.77. The summed E-state index contributed by atoms with van der Waals surface area (Å²) in [6.07, 6.45) is 15.1. The highest BCUT2D eigenvalue weighted by Crippen LogP contribution is 2.53. The van der Waals surface area contributed by atoms with Gasteiger partial charge >= 0.3 is 0 Å². The van der Waals surface area contributed by atoms with Crippen molar-refractivity contribution in [3.05, 3.63) is 181 Å². The van der Waals surface area contributed by atoms with Crippen molar-refractivity contribution in [2.24, 2.45) is 0 Å². The molecule has 0 amide bonds. The van der Waals surface area contributed by atoms with Crippen molar-refractivity contribution in [1.82, 2.24) is 0 Å². The van der Waals surface area contributed by atoms with Gasteiger partial charge in [0.1, 0.15) is 23.2 Å². The molecule has 246 valence electrons. The Morgan fingerprint density at radius 1 is 0.519 bits per heavy atom. The number of hydrogen-bond donors (Lipinski definition) is 0. The van der Waals surface area contributed by atoms with Crippen LogP contribution in [0.25, 0.3) is 83.1 Å². The van der Waals surface area contributed by atoms with Crippen LogP contribution in [-0.2, 0) is 6.42 Å². The molecule has 1 aliphatic heterocycles. The first-order valence-corrected chi connectivity index (χ1v) is 18.3. The summed E-state index contributed by atoms with van der Waals surface area (Å²) in [5.41, 5.74) is 12.9. The van der Waals surface area contributed by atoms with Crippen LogP contribution in [0.2, 0.25) is 0 Å². The lowest BCUT2D eigenvalue weighted by atomic mass is 9.83. The van der Waals surface area contributed by atoms with Crippen LogP contribution < -0.4 is 4.74 Å². The molecule has 52 heavy (non-hydrogen) atoms. The minimum Gasteiger partial charge on any atom is -0.484 e. The normalized spacial score (nSPS) is 17.0. The molecule has 0 N–H and O–H groups in total. The number of benzene rings is 7. The summed E-state index contributed by atoms with van der Waals surface area (Å²) in [4.78, 5) is 0. The zero-order valence-corrected chi connectivity index (χ0v) is 28.6. The first-order valence-electron chi connectivity index (χ1n) is 18.3. The van der Waals surface area contributed by atoms with Crippen molar-refractivity contribution in [3.8, 4) is 50.3 Å². The van der Waals surface area contributed by atoms with Crippen LogP contribution in [-0.4, -0.2) is 6.10 Å². The molecule has 11 rings (SSSR count). The zero-order valence-electron chi connectivity index (χ0n) is 28.6. The Morgan fingerprint density at radius 2 is 1.15 bits per heavy atom. The maximum absolute atomic E-state index is 6.82. The summed E-state index contributed by atoms with van der Waals surface area (Å²) < 4.78 is 13.6. The molecule has 0 radical (unpaired) electrons. The van der Waals surface area contributed by atoms with Crippen molar-refractivity contribution in [1.29, 1.82) is 0 Å². The Kier molecular flexibility index (Phi) is 6.54. The lowest BCUT2D eigenvalue weighted by Gasteiger charge is -2.20. The second kappa shape index (κ2) is 11.6. The van der Waals surface area contributed by atoms with E-state index >= 15 is 0 Å². The maximum Gasteiger partial charge on any atom is 0.146 e. The van der Waals surface area contributed by atoms with Gasteiger partial charge in [0.15, 0.2) is 0 Å². The largest absolute Gasteiger partial charge is 0.484 e. The van der Waals surface area contributed by atoms with E-state index in [0.717, 1.165) is 41.1 Å². The predicted octanol–water partition coefficient (Wildman–Crippen LogP) is 13.3. The summed E-state index contributed by atoms with van der Waals surface area (Å²) in [5.74, 6) is 2.19. The van der Waals surface area contributed by atoms with E-state index in [4.69, 9.17) is 9.15 Å². The van der Waals surface area contributed by atoms with Gasteiger partial charge in [0, 0.05) is 28.9 Å². The van der Waals surface area contributed by atoms with Crippen LogP contribution in [0.5, 0.6) is 5.75 Å². The molecule has 0 spiro atoms. The molecule has 2 aliphatic carbocycles. The number of allylic oxidation sites excluding steroid dienone is 3. The Balaban J connectivity index is 1.17. The second-order valence-electron chi connectivity index (χ2n) is 14.1. The highest BCUT2D eigenvalue weighted by molar-refractivity contribution is 6.22. The lowest BCUT2D eigenvalue weighted by Crippen LogP contribution is -2.15. The van der Waals surface area contributed by atoms with Crippen LogP contribution >= 0.6 is 0 Å². The molecule has 0 fully saturated rings. The summed E-state index contributed by atoms with van der Waals surface area (Å²) in [7, 11) is 0. The highest BCUT2D eigenvalue weighted by Gasteiger charge is 2.37. The van der Waals surface area contributed by atoms with E-state index in [1.807, 2.05) is 0 Å². The van der Waals surface area contributed by atoms with Gasteiger partial charge in [-0.25, -0.2) is 0 Å². The second-order valence-corrected chi connectivity index (χ2v) is 14.1. The monoisotopic (exact) mass is 666 g/mol. The number of aryl methyl sites for hydroxylation is 1. The summed E-state index contributed by atoms with van der Waals surface area (Å²) in [5, 5.41) is 6.12. The van der Waals surface area contributed by atoms with Gasteiger partial charge in [-0.3, -0.25) is 0 Å². The molecule has 1 aromatic heterocycles. The van der Waals surface area contributed by atoms with E-state index in [-0.39, 0.29) is 12.0 Å². The fourth-order valence-corrected chi connectivity index (χ4v) is 8.97. The smallest absolute Gasteiger partial charge is 0.146 e. The summed E-state index contributed by atoms with van der Waals surface area (Å²) in [6, 6.07) is 48.8. The van der Waals surface area contributed by atoms with Crippen LogP contribution in [0.15, 0.2) is 168 Å². The highest BCUT2D eigenvalue weighted by atomic mass is 16.5. The summed E-state index contributed by atoms with van der Waals surface area (Å²) in [6.45, 7) is 0. The number of hydrogen-bond acceptors (Lipinski definition) is 2. The fraction of sp³-hybridized carbons (Fsp3) is 0.0800.